The minimum absolute atomic E-state index is 0.0404. The Bertz CT molecular complexity index is 998. The number of ether oxygens (including phenoxy) is 2. The second-order valence-corrected chi connectivity index (χ2v) is 9.33. The molecule has 9 nitrogen and oxygen atoms in total. The first kappa shape index (κ1) is 24.3. The van der Waals surface area contributed by atoms with Crippen molar-refractivity contribution >= 4 is 29.1 Å². The molecule has 0 unspecified atom stereocenters. The lowest BCUT2D eigenvalue weighted by atomic mass is 9.96. The number of hydrogen-bond donors (Lipinski definition) is 1. The van der Waals surface area contributed by atoms with Crippen LogP contribution in [0, 0.1) is 11.8 Å². The van der Waals surface area contributed by atoms with E-state index in [1.165, 1.54) is 0 Å². The molecule has 2 saturated heterocycles. The van der Waals surface area contributed by atoms with Gasteiger partial charge in [-0.2, -0.15) is 0 Å². The average molecular weight is 494 g/mol. The van der Waals surface area contributed by atoms with Gasteiger partial charge in [-0.05, 0) is 6.42 Å². The molecule has 4 atom stereocenters. The zero-order valence-corrected chi connectivity index (χ0v) is 20.0. The van der Waals surface area contributed by atoms with Crippen molar-refractivity contribution in [3.05, 3.63) is 29.7 Å². The number of carboxylic acids is 1. The molecule has 0 saturated carbocycles. The van der Waals surface area contributed by atoms with Gasteiger partial charge >= 0.3 is 5.97 Å². The molecule has 0 aromatic carbocycles. The molecule has 0 spiro atoms. The molecule has 0 bridgehead atoms. The number of methoxy groups -OCH3 is 1. The SMILES string of the molecule is COc1cc(N2CC[C@@H](Oc3cnc(N4C[C@H](CF)C[C@H]4CC(=O)O)cn3)[C@H](C)C2)c(Cl)cn1. The van der Waals surface area contributed by atoms with Crippen molar-refractivity contribution in [1.82, 2.24) is 15.0 Å². The number of rotatable bonds is 8. The van der Waals surface area contributed by atoms with E-state index in [1.54, 1.807) is 25.7 Å². The number of halogens is 2. The van der Waals surface area contributed by atoms with Gasteiger partial charge in [0.25, 0.3) is 0 Å². The number of aromatic nitrogens is 3. The summed E-state index contributed by atoms with van der Waals surface area (Å²) in [4.78, 5) is 28.2. The van der Waals surface area contributed by atoms with E-state index in [4.69, 9.17) is 21.1 Å². The van der Waals surface area contributed by atoms with Gasteiger partial charge in [-0.25, -0.2) is 15.0 Å². The molecule has 4 rings (SSSR count). The third-order valence-electron chi connectivity index (χ3n) is 6.50. The lowest BCUT2D eigenvalue weighted by molar-refractivity contribution is -0.137. The lowest BCUT2D eigenvalue weighted by Gasteiger charge is -2.38. The second-order valence-electron chi connectivity index (χ2n) is 8.92. The summed E-state index contributed by atoms with van der Waals surface area (Å²) in [7, 11) is 1.57. The molecule has 2 aliphatic heterocycles. The maximum atomic E-state index is 13.2. The van der Waals surface area contributed by atoms with Crippen molar-refractivity contribution in [3.63, 3.8) is 0 Å². The summed E-state index contributed by atoms with van der Waals surface area (Å²) in [6.45, 7) is 3.57. The summed E-state index contributed by atoms with van der Waals surface area (Å²) < 4.78 is 24.6. The minimum atomic E-state index is -0.908. The van der Waals surface area contributed by atoms with Gasteiger partial charge in [-0.1, -0.05) is 18.5 Å². The molecule has 2 fully saturated rings. The van der Waals surface area contributed by atoms with Crippen molar-refractivity contribution in [2.45, 2.75) is 38.3 Å². The number of alkyl halides is 1. The molecule has 1 N–H and O–H groups in total. The van der Waals surface area contributed by atoms with Crippen LogP contribution in [0.25, 0.3) is 0 Å². The number of piperidine rings is 1. The molecule has 2 aliphatic rings. The summed E-state index contributed by atoms with van der Waals surface area (Å²) in [6, 6.07) is 1.55. The van der Waals surface area contributed by atoms with Crippen molar-refractivity contribution in [2.24, 2.45) is 11.8 Å². The summed E-state index contributed by atoms with van der Waals surface area (Å²) in [5, 5.41) is 9.76. The number of pyridine rings is 1. The van der Waals surface area contributed by atoms with Crippen LogP contribution in [0.15, 0.2) is 24.7 Å². The predicted molar refractivity (Wildman–Crippen MR) is 126 cm³/mol. The molecular formula is C23H29ClFN5O4. The van der Waals surface area contributed by atoms with Gasteiger partial charge in [0, 0.05) is 50.0 Å². The first-order chi connectivity index (χ1) is 16.4. The molecule has 11 heteroatoms. The number of anilines is 2. The molecule has 2 aromatic rings. The van der Waals surface area contributed by atoms with E-state index in [0.29, 0.717) is 35.6 Å². The Labute approximate surface area is 202 Å². The van der Waals surface area contributed by atoms with Crippen LogP contribution >= 0.6 is 11.6 Å². The Hall–Kier alpha value is -2.88. The molecule has 0 aliphatic carbocycles. The van der Waals surface area contributed by atoms with Gasteiger partial charge in [0.05, 0.1) is 49.5 Å². The first-order valence-corrected chi connectivity index (χ1v) is 11.7. The summed E-state index contributed by atoms with van der Waals surface area (Å²) >= 11 is 6.36. The normalized spacial score (nSPS) is 24.8. The number of carboxylic acid groups (broad SMARTS) is 1. The third-order valence-corrected chi connectivity index (χ3v) is 6.79. The van der Waals surface area contributed by atoms with E-state index >= 15 is 0 Å². The van der Waals surface area contributed by atoms with Crippen molar-refractivity contribution in [2.75, 3.05) is 43.2 Å². The van der Waals surface area contributed by atoms with E-state index in [2.05, 4.69) is 26.8 Å². The Morgan fingerprint density at radius 2 is 2.03 bits per heavy atom. The standard InChI is InChI=1S/C23H29ClFN5O4/c1-14-12-29(18-7-21(33-2)27-9-17(18)24)4-3-19(14)34-22-11-26-20(10-28-22)30-13-15(8-25)5-16(30)6-23(31)32/h7,9-11,14-16,19H,3-6,8,12-13H2,1-2H3,(H,31,32)/t14-,15+,16+,19-/m1/s1. The number of carbonyl (C=O) groups is 1. The van der Waals surface area contributed by atoms with Crippen LogP contribution in [-0.2, 0) is 4.79 Å². The first-order valence-electron chi connectivity index (χ1n) is 11.4. The summed E-state index contributed by atoms with van der Waals surface area (Å²) in [6.07, 6.45) is 5.90. The number of aliphatic carboxylic acids is 1. The minimum Gasteiger partial charge on any atom is -0.481 e. The monoisotopic (exact) mass is 493 g/mol. The quantitative estimate of drug-likeness (QED) is 0.592. The topological polar surface area (TPSA) is 101 Å². The maximum absolute atomic E-state index is 13.2. The second kappa shape index (κ2) is 10.6. The van der Waals surface area contributed by atoms with Crippen molar-refractivity contribution in [3.8, 4) is 11.8 Å². The Kier molecular flexibility index (Phi) is 7.55. The van der Waals surface area contributed by atoms with Crippen LogP contribution in [0.2, 0.25) is 5.02 Å². The fourth-order valence-electron chi connectivity index (χ4n) is 4.76. The van der Waals surface area contributed by atoms with Crippen LogP contribution in [0.5, 0.6) is 11.8 Å². The van der Waals surface area contributed by atoms with E-state index in [9.17, 15) is 14.3 Å². The van der Waals surface area contributed by atoms with Gasteiger partial charge in [0.1, 0.15) is 11.9 Å². The average Bonchev–Trinajstić information content (AvgIpc) is 3.23. The molecule has 0 amide bonds. The van der Waals surface area contributed by atoms with Crippen LogP contribution in [0.1, 0.15) is 26.2 Å². The highest BCUT2D eigenvalue weighted by Gasteiger charge is 2.35. The van der Waals surface area contributed by atoms with E-state index < -0.39 is 12.6 Å². The van der Waals surface area contributed by atoms with E-state index in [0.717, 1.165) is 25.2 Å². The largest absolute Gasteiger partial charge is 0.481 e. The lowest BCUT2D eigenvalue weighted by Crippen LogP contribution is -2.44. The fraction of sp³-hybridized carbons (Fsp3) is 0.565. The zero-order chi connectivity index (χ0) is 24.2. The Balaban J connectivity index is 1.38. The number of nitrogens with zero attached hydrogens (tertiary/aromatic N) is 5. The van der Waals surface area contributed by atoms with Crippen LogP contribution < -0.4 is 19.3 Å². The van der Waals surface area contributed by atoms with Gasteiger partial charge in [0.15, 0.2) is 0 Å². The van der Waals surface area contributed by atoms with Gasteiger partial charge in [0.2, 0.25) is 11.8 Å². The van der Waals surface area contributed by atoms with Crippen LogP contribution in [-0.4, -0.2) is 71.6 Å². The third kappa shape index (κ3) is 5.43. The van der Waals surface area contributed by atoms with Crippen molar-refractivity contribution < 1.29 is 23.8 Å². The van der Waals surface area contributed by atoms with Crippen LogP contribution in [0.4, 0.5) is 15.9 Å². The molecule has 34 heavy (non-hydrogen) atoms. The zero-order valence-electron chi connectivity index (χ0n) is 19.2. The van der Waals surface area contributed by atoms with E-state index in [-0.39, 0.29) is 30.4 Å². The molecular weight excluding hydrogens is 465 g/mol. The van der Waals surface area contributed by atoms with Gasteiger partial charge < -0.3 is 24.4 Å². The molecule has 0 radical (unpaired) electrons. The van der Waals surface area contributed by atoms with Gasteiger partial charge in [-0.3, -0.25) is 9.18 Å². The maximum Gasteiger partial charge on any atom is 0.305 e. The highest BCUT2D eigenvalue weighted by molar-refractivity contribution is 6.33. The van der Waals surface area contributed by atoms with Crippen LogP contribution in [0.3, 0.4) is 0 Å². The van der Waals surface area contributed by atoms with E-state index in [1.807, 2.05) is 11.0 Å². The molecule has 4 heterocycles. The summed E-state index contributed by atoms with van der Waals surface area (Å²) in [5.41, 5.74) is 0.885. The molecule has 184 valence electrons. The predicted octanol–water partition coefficient (Wildman–Crippen LogP) is 3.47. The highest BCUT2D eigenvalue weighted by atomic mass is 35.5. The van der Waals surface area contributed by atoms with Gasteiger partial charge in [-0.15, -0.1) is 0 Å². The highest BCUT2D eigenvalue weighted by Crippen LogP contribution is 2.33. The Morgan fingerprint density at radius 1 is 1.24 bits per heavy atom. The number of hydrogen-bond acceptors (Lipinski definition) is 8. The molecule has 2 aromatic heterocycles. The smallest absolute Gasteiger partial charge is 0.305 e. The van der Waals surface area contributed by atoms with Crippen molar-refractivity contribution in [1.29, 1.82) is 0 Å². The Morgan fingerprint density at radius 3 is 2.68 bits per heavy atom. The fourth-order valence-corrected chi connectivity index (χ4v) is 4.98. The summed E-state index contributed by atoms with van der Waals surface area (Å²) in [5.74, 6) is 0.570.